The van der Waals surface area contributed by atoms with E-state index < -0.39 is 16.8 Å². The lowest BCUT2D eigenvalue weighted by atomic mass is 10.1. The van der Waals surface area contributed by atoms with Gasteiger partial charge in [0.1, 0.15) is 5.44 Å². The van der Waals surface area contributed by atoms with Crippen LogP contribution in [0.2, 0.25) is 0 Å². The minimum absolute atomic E-state index is 0.430. The number of pyridine rings is 2. The molecule has 6 heteroatoms. The maximum Gasteiger partial charge on any atom is 0.111 e. The van der Waals surface area contributed by atoms with Crippen LogP contribution < -0.4 is 0 Å². The molecule has 2 N–H and O–H groups in total. The van der Waals surface area contributed by atoms with Gasteiger partial charge in [-0.25, -0.2) is 0 Å². The second kappa shape index (κ2) is 6.42. The standard InChI is InChI=1S/C16H16N2O2S2/c1-9(19)15(16(20)21)22-12-8-10-4-2-6-17-13(10)14-11(12)5-3-7-18-14/h2-9,15-16,19-21H,1H3. The van der Waals surface area contributed by atoms with E-state index in [9.17, 15) is 10.2 Å². The third-order valence-corrected chi connectivity index (χ3v) is 5.49. The number of aliphatic hydroxyl groups is 2. The fourth-order valence-corrected chi connectivity index (χ4v) is 3.93. The van der Waals surface area contributed by atoms with Gasteiger partial charge in [0.2, 0.25) is 0 Å². The first-order valence-electron chi connectivity index (χ1n) is 6.91. The molecule has 0 aliphatic rings. The Morgan fingerprint density at radius 3 is 2.45 bits per heavy atom. The second-order valence-corrected chi connectivity index (χ2v) is 6.84. The van der Waals surface area contributed by atoms with Gasteiger partial charge in [-0.15, -0.1) is 24.4 Å². The molecule has 4 nitrogen and oxygen atoms in total. The number of nitrogens with zero attached hydrogens (tertiary/aromatic N) is 2. The van der Waals surface area contributed by atoms with Crippen molar-refractivity contribution in [3.63, 3.8) is 0 Å². The Labute approximate surface area is 138 Å². The summed E-state index contributed by atoms with van der Waals surface area (Å²) >= 11 is 5.48. The number of fused-ring (bicyclic) bond motifs is 3. The Balaban J connectivity index is 2.19. The van der Waals surface area contributed by atoms with E-state index in [2.05, 4.69) is 22.6 Å². The summed E-state index contributed by atoms with van der Waals surface area (Å²) in [5.41, 5.74) is 0.755. The van der Waals surface area contributed by atoms with Crippen LogP contribution in [0.1, 0.15) is 6.92 Å². The van der Waals surface area contributed by atoms with Crippen molar-refractivity contribution in [2.75, 3.05) is 0 Å². The number of aliphatic hydroxyl groups excluding tert-OH is 2. The fraction of sp³-hybridized carbons (Fsp3) is 0.250. The van der Waals surface area contributed by atoms with E-state index in [0.29, 0.717) is 0 Å². The van der Waals surface area contributed by atoms with E-state index in [-0.39, 0.29) is 0 Å². The Kier molecular flexibility index (Phi) is 4.54. The third kappa shape index (κ3) is 2.92. The van der Waals surface area contributed by atoms with E-state index in [0.717, 1.165) is 26.7 Å². The predicted molar refractivity (Wildman–Crippen MR) is 93.4 cm³/mol. The minimum atomic E-state index is -0.915. The molecular weight excluding hydrogens is 316 g/mol. The zero-order valence-corrected chi connectivity index (χ0v) is 13.6. The maximum absolute atomic E-state index is 9.87. The Hall–Kier alpha value is -1.34. The summed E-state index contributed by atoms with van der Waals surface area (Å²) in [5, 5.41) is 21.2. The smallest absolute Gasteiger partial charge is 0.111 e. The van der Waals surface area contributed by atoms with Crippen molar-refractivity contribution in [1.29, 1.82) is 0 Å². The zero-order chi connectivity index (χ0) is 15.7. The lowest BCUT2D eigenvalue weighted by Gasteiger charge is -2.22. The van der Waals surface area contributed by atoms with Crippen molar-refractivity contribution < 1.29 is 10.2 Å². The number of thioether (sulfide) groups is 1. The molecule has 2 aromatic heterocycles. The number of hydrogen-bond donors (Lipinski definition) is 3. The third-order valence-electron chi connectivity index (χ3n) is 3.46. The van der Waals surface area contributed by atoms with Gasteiger partial charge in [-0.3, -0.25) is 9.97 Å². The number of hydrogen-bond acceptors (Lipinski definition) is 6. The first kappa shape index (κ1) is 15.6. The summed E-state index contributed by atoms with van der Waals surface area (Å²) in [7, 11) is 0. The Bertz CT molecular complexity index is 800. The van der Waals surface area contributed by atoms with Crippen LogP contribution in [0, 0.1) is 0 Å². The number of benzene rings is 1. The van der Waals surface area contributed by atoms with Gasteiger partial charge in [-0.2, -0.15) is 0 Å². The topological polar surface area (TPSA) is 66.2 Å². The molecule has 0 spiro atoms. The summed E-state index contributed by atoms with van der Waals surface area (Å²) in [6, 6.07) is 9.72. The molecule has 3 unspecified atom stereocenters. The molecule has 0 amide bonds. The molecule has 0 fully saturated rings. The van der Waals surface area contributed by atoms with Gasteiger partial charge in [0.05, 0.1) is 22.4 Å². The summed E-state index contributed by atoms with van der Waals surface area (Å²) < 4.78 is 0. The molecule has 0 aliphatic carbocycles. The van der Waals surface area contributed by atoms with Crippen LogP contribution in [0.3, 0.4) is 0 Å². The first-order chi connectivity index (χ1) is 10.6. The Morgan fingerprint density at radius 1 is 1.09 bits per heavy atom. The summed E-state index contributed by atoms with van der Waals surface area (Å²) in [6.45, 7) is 1.65. The van der Waals surface area contributed by atoms with Gasteiger partial charge < -0.3 is 10.2 Å². The maximum atomic E-state index is 9.87. The molecule has 114 valence electrons. The van der Waals surface area contributed by atoms with Crippen LogP contribution in [0.4, 0.5) is 0 Å². The van der Waals surface area contributed by atoms with E-state index >= 15 is 0 Å². The summed E-state index contributed by atoms with van der Waals surface area (Å²) in [5.74, 6) is 0. The summed E-state index contributed by atoms with van der Waals surface area (Å²) in [4.78, 5) is 9.81. The lowest BCUT2D eigenvalue weighted by Crippen LogP contribution is -2.29. The SMILES string of the molecule is CC(O)C(Sc1cc2cccnc2c2ncccc12)C(O)S. The molecule has 3 atom stereocenters. The average Bonchev–Trinajstić information content (AvgIpc) is 2.51. The first-order valence-corrected chi connectivity index (χ1v) is 8.31. The van der Waals surface area contributed by atoms with Crippen LogP contribution in [-0.4, -0.2) is 37.0 Å². The molecular formula is C16H16N2O2S2. The fourth-order valence-electron chi connectivity index (χ4n) is 2.40. The summed E-state index contributed by atoms with van der Waals surface area (Å²) in [6.07, 6.45) is 2.80. The van der Waals surface area contributed by atoms with Crippen LogP contribution in [0.15, 0.2) is 47.6 Å². The van der Waals surface area contributed by atoms with Gasteiger partial charge in [0.25, 0.3) is 0 Å². The second-order valence-electron chi connectivity index (χ2n) is 5.09. The van der Waals surface area contributed by atoms with Gasteiger partial charge in [0, 0.05) is 28.1 Å². The molecule has 3 rings (SSSR count). The molecule has 3 aromatic rings. The van der Waals surface area contributed by atoms with Gasteiger partial charge in [-0.1, -0.05) is 12.1 Å². The minimum Gasteiger partial charge on any atom is -0.392 e. The normalized spacial score (nSPS) is 15.8. The van der Waals surface area contributed by atoms with Crippen LogP contribution in [0.5, 0.6) is 0 Å². The molecule has 0 bridgehead atoms. The van der Waals surface area contributed by atoms with Crippen LogP contribution in [0.25, 0.3) is 21.8 Å². The van der Waals surface area contributed by atoms with Crippen molar-refractivity contribution in [2.24, 2.45) is 0 Å². The van der Waals surface area contributed by atoms with E-state index in [4.69, 9.17) is 0 Å². The number of rotatable bonds is 4. The van der Waals surface area contributed by atoms with E-state index in [1.54, 1.807) is 19.3 Å². The number of aromatic nitrogens is 2. The average molecular weight is 332 g/mol. The monoisotopic (exact) mass is 332 g/mol. The highest BCUT2D eigenvalue weighted by atomic mass is 32.2. The van der Waals surface area contributed by atoms with E-state index in [1.807, 2.05) is 30.3 Å². The largest absolute Gasteiger partial charge is 0.392 e. The van der Waals surface area contributed by atoms with Crippen molar-refractivity contribution in [1.82, 2.24) is 9.97 Å². The van der Waals surface area contributed by atoms with E-state index in [1.165, 1.54) is 11.8 Å². The molecule has 0 saturated carbocycles. The van der Waals surface area contributed by atoms with Gasteiger partial charge in [0.15, 0.2) is 0 Å². The highest BCUT2D eigenvalue weighted by molar-refractivity contribution is 8.01. The number of thiol groups is 1. The predicted octanol–water partition coefficient (Wildman–Crippen LogP) is 2.87. The zero-order valence-electron chi connectivity index (χ0n) is 11.9. The highest BCUT2D eigenvalue weighted by Crippen LogP contribution is 2.36. The molecule has 0 aliphatic heterocycles. The highest BCUT2D eigenvalue weighted by Gasteiger charge is 2.24. The van der Waals surface area contributed by atoms with Gasteiger partial charge >= 0.3 is 0 Å². The van der Waals surface area contributed by atoms with Crippen molar-refractivity contribution in [3.05, 3.63) is 42.7 Å². The Morgan fingerprint density at radius 2 is 1.77 bits per heavy atom. The quantitative estimate of drug-likeness (QED) is 0.297. The molecule has 1 aromatic carbocycles. The molecule has 0 saturated heterocycles. The molecule has 0 radical (unpaired) electrons. The lowest BCUT2D eigenvalue weighted by molar-refractivity contribution is 0.143. The van der Waals surface area contributed by atoms with Crippen molar-refractivity contribution in [3.8, 4) is 0 Å². The van der Waals surface area contributed by atoms with Crippen molar-refractivity contribution >= 4 is 46.2 Å². The van der Waals surface area contributed by atoms with Crippen LogP contribution >= 0.6 is 24.4 Å². The van der Waals surface area contributed by atoms with Crippen molar-refractivity contribution in [2.45, 2.75) is 28.6 Å². The van der Waals surface area contributed by atoms with Crippen LogP contribution in [-0.2, 0) is 0 Å². The molecule has 22 heavy (non-hydrogen) atoms. The molecule has 2 heterocycles. The van der Waals surface area contributed by atoms with Gasteiger partial charge in [-0.05, 0) is 25.1 Å².